The van der Waals surface area contributed by atoms with Crippen LogP contribution in [0.3, 0.4) is 0 Å². The van der Waals surface area contributed by atoms with Crippen LogP contribution in [0.1, 0.15) is 11.5 Å². The van der Waals surface area contributed by atoms with Crippen molar-refractivity contribution in [3.63, 3.8) is 0 Å². The first-order chi connectivity index (χ1) is 6.84. The molecule has 0 radical (unpaired) electrons. The molecular weight excluding hydrogens is 176 g/mol. The highest BCUT2D eigenvalue weighted by molar-refractivity contribution is 5.42. The number of hydrogen-bond donors (Lipinski definition) is 1. The number of nitrogens with one attached hydrogen (secondary N) is 1. The summed E-state index contributed by atoms with van der Waals surface area (Å²) in [7, 11) is 0. The van der Waals surface area contributed by atoms with Gasteiger partial charge in [0.15, 0.2) is 0 Å². The predicted molar refractivity (Wildman–Crippen MR) is 55.0 cm³/mol. The highest BCUT2D eigenvalue weighted by atomic mass is 16.3. The van der Waals surface area contributed by atoms with Crippen molar-refractivity contribution in [3.05, 3.63) is 48.2 Å². The molecule has 2 aromatic heterocycles. The van der Waals surface area contributed by atoms with Crippen LogP contribution in [-0.2, 0) is 6.54 Å². The third kappa shape index (κ3) is 2.13. The molecule has 72 valence electrons. The first-order valence-electron chi connectivity index (χ1n) is 4.53. The van der Waals surface area contributed by atoms with Crippen molar-refractivity contribution in [2.75, 3.05) is 5.32 Å². The summed E-state index contributed by atoms with van der Waals surface area (Å²) in [6, 6.07) is 7.77. The molecular formula is C11H12N2O. The van der Waals surface area contributed by atoms with Crippen LogP contribution >= 0.6 is 0 Å². The van der Waals surface area contributed by atoms with Crippen molar-refractivity contribution < 1.29 is 4.42 Å². The van der Waals surface area contributed by atoms with E-state index < -0.39 is 0 Å². The van der Waals surface area contributed by atoms with E-state index in [9.17, 15) is 0 Å². The van der Waals surface area contributed by atoms with E-state index in [1.807, 2.05) is 31.2 Å². The Morgan fingerprint density at radius 1 is 1.43 bits per heavy atom. The molecule has 0 saturated carbocycles. The number of aromatic nitrogens is 1. The van der Waals surface area contributed by atoms with Gasteiger partial charge in [-0.15, -0.1) is 0 Å². The minimum atomic E-state index is 0.705. The summed E-state index contributed by atoms with van der Waals surface area (Å²) >= 11 is 0. The predicted octanol–water partition coefficient (Wildman–Crippen LogP) is 2.60. The first kappa shape index (κ1) is 8.81. The van der Waals surface area contributed by atoms with E-state index in [0.717, 1.165) is 17.1 Å². The molecule has 0 bridgehead atoms. The Labute approximate surface area is 82.8 Å². The van der Waals surface area contributed by atoms with Gasteiger partial charge >= 0.3 is 0 Å². The molecule has 0 amide bonds. The fraction of sp³-hybridized carbons (Fsp3) is 0.182. The third-order valence-corrected chi connectivity index (χ3v) is 1.94. The van der Waals surface area contributed by atoms with Crippen molar-refractivity contribution in [3.8, 4) is 0 Å². The minimum absolute atomic E-state index is 0.705. The Morgan fingerprint density at radius 3 is 3.07 bits per heavy atom. The molecule has 0 aliphatic heterocycles. The number of hydrogen-bond acceptors (Lipinski definition) is 3. The number of nitrogens with zero attached hydrogens (tertiary/aromatic N) is 1. The summed E-state index contributed by atoms with van der Waals surface area (Å²) < 4.78 is 5.21. The standard InChI is InChI=1S/C11H12N2O/c1-9-7-10(4-5-12-9)13-8-11-3-2-6-14-11/h2-7H,8H2,1H3,(H,12,13). The topological polar surface area (TPSA) is 38.1 Å². The monoisotopic (exact) mass is 188 g/mol. The maximum absolute atomic E-state index is 5.21. The normalized spacial score (nSPS) is 10.1. The minimum Gasteiger partial charge on any atom is -0.467 e. The second-order valence-electron chi connectivity index (χ2n) is 3.12. The molecule has 2 aromatic rings. The summed E-state index contributed by atoms with van der Waals surface area (Å²) in [6.07, 6.45) is 3.47. The van der Waals surface area contributed by atoms with Crippen molar-refractivity contribution in [2.45, 2.75) is 13.5 Å². The van der Waals surface area contributed by atoms with Crippen molar-refractivity contribution in [1.82, 2.24) is 4.98 Å². The second-order valence-corrected chi connectivity index (χ2v) is 3.12. The van der Waals surface area contributed by atoms with E-state index in [-0.39, 0.29) is 0 Å². The van der Waals surface area contributed by atoms with Gasteiger partial charge in [0.2, 0.25) is 0 Å². The van der Waals surface area contributed by atoms with Crippen LogP contribution in [0.15, 0.2) is 41.1 Å². The Kier molecular flexibility index (Phi) is 2.49. The summed E-state index contributed by atoms with van der Waals surface area (Å²) in [6.45, 7) is 2.68. The largest absolute Gasteiger partial charge is 0.467 e. The van der Waals surface area contributed by atoms with Gasteiger partial charge < -0.3 is 9.73 Å². The summed E-state index contributed by atoms with van der Waals surface area (Å²) in [5, 5.41) is 3.25. The Balaban J connectivity index is 1.98. The van der Waals surface area contributed by atoms with Gasteiger partial charge in [-0.05, 0) is 31.2 Å². The van der Waals surface area contributed by atoms with Gasteiger partial charge in [0.05, 0.1) is 12.8 Å². The molecule has 3 nitrogen and oxygen atoms in total. The fourth-order valence-electron chi connectivity index (χ4n) is 1.26. The molecule has 0 fully saturated rings. The van der Waals surface area contributed by atoms with Crippen molar-refractivity contribution in [2.24, 2.45) is 0 Å². The number of aryl methyl sites for hydroxylation is 1. The van der Waals surface area contributed by atoms with E-state index in [1.54, 1.807) is 12.5 Å². The molecule has 14 heavy (non-hydrogen) atoms. The molecule has 0 atom stereocenters. The molecule has 1 N–H and O–H groups in total. The third-order valence-electron chi connectivity index (χ3n) is 1.94. The maximum atomic E-state index is 5.21. The molecule has 0 aliphatic rings. The van der Waals surface area contributed by atoms with Gasteiger partial charge in [0.25, 0.3) is 0 Å². The van der Waals surface area contributed by atoms with Crippen LogP contribution in [0.25, 0.3) is 0 Å². The highest BCUT2D eigenvalue weighted by Gasteiger charge is 1.96. The van der Waals surface area contributed by atoms with Crippen LogP contribution < -0.4 is 5.32 Å². The van der Waals surface area contributed by atoms with E-state index in [1.165, 1.54) is 0 Å². The van der Waals surface area contributed by atoms with Crippen LogP contribution in [0, 0.1) is 6.92 Å². The Hall–Kier alpha value is -1.77. The zero-order valence-electron chi connectivity index (χ0n) is 8.03. The van der Waals surface area contributed by atoms with Crippen LogP contribution in [0.4, 0.5) is 5.69 Å². The fourth-order valence-corrected chi connectivity index (χ4v) is 1.26. The average molecular weight is 188 g/mol. The van der Waals surface area contributed by atoms with Crippen LogP contribution in [0.2, 0.25) is 0 Å². The molecule has 0 aliphatic carbocycles. The van der Waals surface area contributed by atoms with Crippen LogP contribution in [-0.4, -0.2) is 4.98 Å². The quantitative estimate of drug-likeness (QED) is 0.804. The molecule has 2 heterocycles. The lowest BCUT2D eigenvalue weighted by atomic mass is 10.3. The second kappa shape index (κ2) is 3.96. The van der Waals surface area contributed by atoms with Gasteiger partial charge in [0, 0.05) is 17.6 Å². The molecule has 0 unspecified atom stereocenters. The number of anilines is 1. The number of furan rings is 1. The summed E-state index contributed by atoms with van der Waals surface area (Å²) in [5.74, 6) is 0.930. The van der Waals surface area contributed by atoms with E-state index in [4.69, 9.17) is 4.42 Å². The number of pyridine rings is 1. The van der Waals surface area contributed by atoms with E-state index >= 15 is 0 Å². The molecule has 0 spiro atoms. The summed E-state index contributed by atoms with van der Waals surface area (Å²) in [5.41, 5.74) is 2.07. The zero-order chi connectivity index (χ0) is 9.80. The van der Waals surface area contributed by atoms with Gasteiger partial charge in [-0.3, -0.25) is 4.98 Å². The van der Waals surface area contributed by atoms with E-state index in [2.05, 4.69) is 10.3 Å². The van der Waals surface area contributed by atoms with Crippen molar-refractivity contribution in [1.29, 1.82) is 0 Å². The smallest absolute Gasteiger partial charge is 0.122 e. The molecule has 0 aromatic carbocycles. The lowest BCUT2D eigenvalue weighted by molar-refractivity contribution is 0.518. The van der Waals surface area contributed by atoms with Crippen molar-refractivity contribution >= 4 is 5.69 Å². The highest BCUT2D eigenvalue weighted by Crippen LogP contribution is 2.09. The molecule has 3 heteroatoms. The van der Waals surface area contributed by atoms with Crippen LogP contribution in [0.5, 0.6) is 0 Å². The SMILES string of the molecule is Cc1cc(NCc2ccco2)ccn1. The average Bonchev–Trinajstić information content (AvgIpc) is 2.67. The maximum Gasteiger partial charge on any atom is 0.122 e. The Morgan fingerprint density at radius 2 is 2.36 bits per heavy atom. The van der Waals surface area contributed by atoms with Gasteiger partial charge in [-0.2, -0.15) is 0 Å². The molecule has 0 saturated heterocycles. The lowest BCUT2D eigenvalue weighted by Gasteiger charge is -2.04. The first-order valence-corrected chi connectivity index (χ1v) is 4.53. The summed E-state index contributed by atoms with van der Waals surface area (Å²) in [4.78, 5) is 4.12. The van der Waals surface area contributed by atoms with E-state index in [0.29, 0.717) is 6.54 Å². The van der Waals surface area contributed by atoms with Gasteiger partial charge in [-0.1, -0.05) is 0 Å². The zero-order valence-corrected chi connectivity index (χ0v) is 8.03. The Bertz CT molecular complexity index is 395. The molecule has 2 rings (SSSR count). The van der Waals surface area contributed by atoms with Gasteiger partial charge in [-0.25, -0.2) is 0 Å². The lowest BCUT2D eigenvalue weighted by Crippen LogP contribution is -1.98. The number of rotatable bonds is 3. The van der Waals surface area contributed by atoms with Gasteiger partial charge in [0.1, 0.15) is 5.76 Å².